The summed E-state index contributed by atoms with van der Waals surface area (Å²) in [5.74, 6) is -5.69. The topological polar surface area (TPSA) is 42.0 Å². The van der Waals surface area contributed by atoms with Crippen molar-refractivity contribution in [1.82, 2.24) is 4.98 Å². The summed E-state index contributed by atoms with van der Waals surface area (Å²) in [6.07, 6.45) is -5.74. The molecule has 1 heterocycles. The van der Waals surface area contributed by atoms with Crippen LogP contribution in [0.2, 0.25) is 0 Å². The Morgan fingerprint density at radius 1 is 1.17 bits per heavy atom. The van der Waals surface area contributed by atoms with E-state index in [1.165, 1.54) is 0 Å². The largest absolute Gasteiger partial charge is 0.459 e. The first kappa shape index (κ1) is 17.3. The zero-order valence-corrected chi connectivity index (χ0v) is 12.8. The van der Waals surface area contributed by atoms with Crippen LogP contribution >= 0.6 is 11.3 Å². The second-order valence-electron chi connectivity index (χ2n) is 4.88. The maximum Gasteiger partial charge on any atom is 0.459 e. The minimum absolute atomic E-state index is 0.287. The van der Waals surface area contributed by atoms with Crippen LogP contribution in [0.15, 0.2) is 23.6 Å². The average Bonchev–Trinajstić information content (AvgIpc) is 2.86. The highest BCUT2D eigenvalue weighted by atomic mass is 32.1. The Kier molecular flexibility index (Phi) is 4.43. The summed E-state index contributed by atoms with van der Waals surface area (Å²) in [4.78, 5) is 15.2. The second kappa shape index (κ2) is 5.88. The Morgan fingerprint density at radius 3 is 2.39 bits per heavy atom. The number of anilines is 1. The van der Waals surface area contributed by atoms with Crippen LogP contribution in [0, 0.1) is 13.8 Å². The quantitative estimate of drug-likeness (QED) is 0.818. The molecule has 0 saturated heterocycles. The number of amides is 1. The van der Waals surface area contributed by atoms with E-state index >= 15 is 0 Å². The average molecular weight is 350 g/mol. The smallest absolute Gasteiger partial charge is 0.298 e. The first-order chi connectivity index (χ1) is 10.5. The van der Waals surface area contributed by atoms with Gasteiger partial charge in [0, 0.05) is 10.9 Å². The maximum atomic E-state index is 13.2. The first-order valence-electron chi connectivity index (χ1n) is 6.31. The van der Waals surface area contributed by atoms with Crippen LogP contribution in [-0.4, -0.2) is 17.1 Å². The molecule has 0 fully saturated rings. The number of nitrogens with one attached hydrogen (secondary N) is 1. The molecule has 3 nitrogen and oxygen atoms in total. The molecule has 1 aromatic carbocycles. The van der Waals surface area contributed by atoms with Crippen molar-refractivity contribution in [3.63, 3.8) is 0 Å². The zero-order valence-electron chi connectivity index (χ0n) is 12.0. The molecule has 9 heteroatoms. The lowest BCUT2D eigenvalue weighted by Crippen LogP contribution is -2.34. The fraction of sp³-hybridized carbons (Fsp3) is 0.286. The monoisotopic (exact) mass is 350 g/mol. The van der Waals surface area contributed by atoms with Crippen molar-refractivity contribution in [1.29, 1.82) is 0 Å². The van der Waals surface area contributed by atoms with Crippen LogP contribution in [0.1, 0.15) is 27.2 Å². The summed E-state index contributed by atoms with van der Waals surface area (Å²) in [7, 11) is 0. The lowest BCUT2D eigenvalue weighted by Gasteiger charge is -2.16. The highest BCUT2D eigenvalue weighted by Crippen LogP contribution is 2.44. The van der Waals surface area contributed by atoms with Gasteiger partial charge in [0.15, 0.2) is 5.13 Å². The fourth-order valence-electron chi connectivity index (χ4n) is 1.85. The Bertz CT molecular complexity index is 739. The van der Waals surface area contributed by atoms with Crippen molar-refractivity contribution >= 4 is 22.4 Å². The van der Waals surface area contributed by atoms with Crippen molar-refractivity contribution in [2.45, 2.75) is 25.9 Å². The van der Waals surface area contributed by atoms with E-state index in [-0.39, 0.29) is 10.7 Å². The van der Waals surface area contributed by atoms with E-state index in [2.05, 4.69) is 10.3 Å². The van der Waals surface area contributed by atoms with Gasteiger partial charge in [0.1, 0.15) is 5.69 Å². The highest BCUT2D eigenvalue weighted by Gasteiger charge is 2.60. The molecule has 124 valence electrons. The summed E-state index contributed by atoms with van der Waals surface area (Å²) < 4.78 is 63.1. The molecular weight excluding hydrogens is 339 g/mol. The third-order valence-electron chi connectivity index (χ3n) is 3.03. The molecule has 0 unspecified atom stereocenters. The van der Waals surface area contributed by atoms with Gasteiger partial charge in [0.05, 0.1) is 0 Å². The van der Waals surface area contributed by atoms with Crippen LogP contribution in [-0.2, 0) is 5.92 Å². The molecule has 0 aliphatic rings. The van der Waals surface area contributed by atoms with Gasteiger partial charge in [-0.05, 0) is 25.5 Å². The number of aryl methyl sites for hydroxylation is 2. The van der Waals surface area contributed by atoms with Crippen molar-refractivity contribution in [3.8, 4) is 0 Å². The van der Waals surface area contributed by atoms with E-state index in [0.717, 1.165) is 5.56 Å². The molecule has 0 saturated carbocycles. The van der Waals surface area contributed by atoms with Gasteiger partial charge >= 0.3 is 12.1 Å². The Morgan fingerprint density at radius 2 is 1.83 bits per heavy atom. The normalized spacial score (nSPS) is 12.3. The number of alkyl halides is 5. The number of halogens is 5. The van der Waals surface area contributed by atoms with Gasteiger partial charge in [-0.25, -0.2) is 4.98 Å². The van der Waals surface area contributed by atoms with Crippen LogP contribution in [0.3, 0.4) is 0 Å². The summed E-state index contributed by atoms with van der Waals surface area (Å²) in [6, 6.07) is 4.98. The standard InChI is InChI=1S/C14H11F5N2OS/c1-7-3-4-9(8(2)5-7)11(22)21-12-20-10(6-23-12)13(15,16)14(17,18)19/h3-6H,1-2H3,(H,20,21,22). The van der Waals surface area contributed by atoms with E-state index in [1.54, 1.807) is 25.1 Å². The van der Waals surface area contributed by atoms with E-state index in [9.17, 15) is 26.7 Å². The molecule has 0 bridgehead atoms. The number of aromatic nitrogens is 1. The molecule has 2 aromatic rings. The molecule has 0 radical (unpaired) electrons. The number of carbonyl (C=O) groups excluding carboxylic acids is 1. The van der Waals surface area contributed by atoms with Gasteiger partial charge in [0.25, 0.3) is 5.91 Å². The lowest BCUT2D eigenvalue weighted by molar-refractivity contribution is -0.290. The number of benzene rings is 1. The van der Waals surface area contributed by atoms with Gasteiger partial charge in [-0.1, -0.05) is 17.7 Å². The van der Waals surface area contributed by atoms with Gasteiger partial charge in [-0.15, -0.1) is 11.3 Å². The summed E-state index contributed by atoms with van der Waals surface area (Å²) >= 11 is 0.501. The Labute approximate surface area is 132 Å². The number of thiazole rings is 1. The second-order valence-corrected chi connectivity index (χ2v) is 5.74. The van der Waals surface area contributed by atoms with Gasteiger partial charge in [-0.3, -0.25) is 10.1 Å². The maximum absolute atomic E-state index is 13.2. The molecule has 2 rings (SSSR count). The predicted octanol–water partition coefficient (Wildman–Crippen LogP) is 4.67. The number of nitrogens with zero attached hydrogens (tertiary/aromatic N) is 1. The van der Waals surface area contributed by atoms with Crippen LogP contribution in [0.5, 0.6) is 0 Å². The van der Waals surface area contributed by atoms with Crippen LogP contribution < -0.4 is 5.32 Å². The van der Waals surface area contributed by atoms with Crippen LogP contribution in [0.25, 0.3) is 0 Å². The number of hydrogen-bond donors (Lipinski definition) is 1. The molecule has 23 heavy (non-hydrogen) atoms. The molecule has 1 amide bonds. The highest BCUT2D eigenvalue weighted by molar-refractivity contribution is 7.14. The molecule has 1 aromatic heterocycles. The molecule has 0 aliphatic heterocycles. The molecule has 0 aliphatic carbocycles. The lowest BCUT2D eigenvalue weighted by atomic mass is 10.1. The summed E-state index contributed by atoms with van der Waals surface area (Å²) in [6.45, 7) is 3.52. The fourth-order valence-corrected chi connectivity index (χ4v) is 2.58. The van der Waals surface area contributed by atoms with Crippen molar-refractivity contribution < 1.29 is 26.7 Å². The Balaban J connectivity index is 2.21. The van der Waals surface area contributed by atoms with E-state index in [1.807, 2.05) is 6.92 Å². The molecular formula is C14H11F5N2OS. The Hall–Kier alpha value is -2.03. The SMILES string of the molecule is Cc1ccc(C(=O)Nc2nc(C(F)(F)C(F)(F)F)cs2)c(C)c1. The zero-order chi connectivity index (χ0) is 17.4. The number of hydrogen-bond acceptors (Lipinski definition) is 3. The molecule has 0 atom stereocenters. The molecule has 1 N–H and O–H groups in total. The van der Waals surface area contributed by atoms with Crippen molar-refractivity contribution in [3.05, 3.63) is 46.0 Å². The molecule has 0 spiro atoms. The minimum Gasteiger partial charge on any atom is -0.298 e. The summed E-state index contributed by atoms with van der Waals surface area (Å²) in [5.41, 5.74) is 0.432. The van der Waals surface area contributed by atoms with E-state index < -0.39 is 23.7 Å². The number of rotatable bonds is 3. The van der Waals surface area contributed by atoms with E-state index in [4.69, 9.17) is 0 Å². The van der Waals surface area contributed by atoms with Crippen molar-refractivity contribution in [2.75, 3.05) is 5.32 Å². The third-order valence-corrected chi connectivity index (χ3v) is 3.79. The van der Waals surface area contributed by atoms with Crippen molar-refractivity contribution in [2.24, 2.45) is 0 Å². The third kappa shape index (κ3) is 3.49. The van der Waals surface area contributed by atoms with Gasteiger partial charge < -0.3 is 0 Å². The van der Waals surface area contributed by atoms with Gasteiger partial charge in [0.2, 0.25) is 0 Å². The predicted molar refractivity (Wildman–Crippen MR) is 75.9 cm³/mol. The van der Waals surface area contributed by atoms with Crippen LogP contribution in [0.4, 0.5) is 27.1 Å². The van der Waals surface area contributed by atoms with E-state index in [0.29, 0.717) is 22.3 Å². The first-order valence-corrected chi connectivity index (χ1v) is 7.19. The summed E-state index contributed by atoms with van der Waals surface area (Å²) in [5, 5.41) is 2.48. The van der Waals surface area contributed by atoms with Gasteiger partial charge in [-0.2, -0.15) is 22.0 Å². The number of carbonyl (C=O) groups is 1. The minimum atomic E-state index is -5.74.